The van der Waals surface area contributed by atoms with E-state index in [1.165, 1.54) is 0 Å². The summed E-state index contributed by atoms with van der Waals surface area (Å²) in [5.74, 6) is -0.939. The summed E-state index contributed by atoms with van der Waals surface area (Å²) in [6.07, 6.45) is 5.76. The molecule has 0 heterocycles. The minimum Gasteiger partial charge on any atom is -0.481 e. The van der Waals surface area contributed by atoms with Crippen molar-refractivity contribution in [2.45, 2.75) is 57.5 Å². The predicted molar refractivity (Wildman–Crippen MR) is 57.7 cm³/mol. The van der Waals surface area contributed by atoms with Crippen molar-refractivity contribution >= 4 is 5.97 Å². The molecular weight excluding hydrogens is 196 g/mol. The second-order valence-electron chi connectivity index (χ2n) is 3.89. The lowest BCUT2D eigenvalue weighted by Crippen LogP contribution is -2.12. The Hall–Kier alpha value is -0.610. The van der Waals surface area contributed by atoms with Crippen LogP contribution < -0.4 is 0 Å². The van der Waals surface area contributed by atoms with Crippen molar-refractivity contribution in [3.63, 3.8) is 0 Å². The molecule has 0 saturated heterocycles. The molecule has 0 spiro atoms. The number of carbonyl (C=O) groups is 1. The van der Waals surface area contributed by atoms with Gasteiger partial charge in [-0.2, -0.15) is 0 Å². The molecule has 0 aromatic rings. The maximum atomic E-state index is 10.2. The van der Waals surface area contributed by atoms with Gasteiger partial charge >= 0.3 is 5.97 Å². The summed E-state index contributed by atoms with van der Waals surface area (Å²) in [5, 5.41) is 26.2. The molecule has 0 radical (unpaired) electrons. The van der Waals surface area contributed by atoms with E-state index in [0.29, 0.717) is 6.42 Å². The van der Waals surface area contributed by atoms with Gasteiger partial charge in [0.2, 0.25) is 0 Å². The van der Waals surface area contributed by atoms with Gasteiger partial charge in [-0.15, -0.1) is 0 Å². The first-order chi connectivity index (χ1) is 7.16. The van der Waals surface area contributed by atoms with Crippen LogP contribution in [0.5, 0.6) is 0 Å². The van der Waals surface area contributed by atoms with E-state index in [-0.39, 0.29) is 13.0 Å². The zero-order chi connectivity index (χ0) is 11.5. The minimum atomic E-state index is -0.939. The first-order valence-corrected chi connectivity index (χ1v) is 5.67. The molecule has 0 aliphatic heterocycles. The fourth-order valence-electron chi connectivity index (χ4n) is 1.50. The number of aliphatic hydroxyl groups is 2. The van der Waals surface area contributed by atoms with Crippen LogP contribution in [0.1, 0.15) is 51.4 Å². The SMILES string of the molecule is O=C(O)C[C@H](O)CCCCCCCCO. The van der Waals surface area contributed by atoms with Crippen LogP contribution in [0, 0.1) is 0 Å². The zero-order valence-corrected chi connectivity index (χ0v) is 9.19. The number of aliphatic carboxylic acids is 1. The van der Waals surface area contributed by atoms with Gasteiger partial charge in [0.15, 0.2) is 0 Å². The maximum absolute atomic E-state index is 10.2. The van der Waals surface area contributed by atoms with Crippen LogP contribution in [0.3, 0.4) is 0 Å². The largest absolute Gasteiger partial charge is 0.481 e. The van der Waals surface area contributed by atoms with E-state index in [1.54, 1.807) is 0 Å². The molecule has 0 saturated carbocycles. The van der Waals surface area contributed by atoms with Crippen LogP contribution in [0.25, 0.3) is 0 Å². The summed E-state index contributed by atoms with van der Waals surface area (Å²) >= 11 is 0. The summed E-state index contributed by atoms with van der Waals surface area (Å²) in [5.41, 5.74) is 0. The number of hydrogen-bond donors (Lipinski definition) is 3. The molecule has 0 aliphatic carbocycles. The van der Waals surface area contributed by atoms with Gasteiger partial charge in [0.25, 0.3) is 0 Å². The predicted octanol–water partition coefficient (Wildman–Crippen LogP) is 1.54. The third-order valence-corrected chi connectivity index (χ3v) is 2.36. The quantitative estimate of drug-likeness (QED) is 0.486. The number of unbranched alkanes of at least 4 members (excludes halogenated alkanes) is 5. The Morgan fingerprint density at radius 1 is 1.00 bits per heavy atom. The van der Waals surface area contributed by atoms with E-state index in [1.807, 2.05) is 0 Å². The highest BCUT2D eigenvalue weighted by molar-refractivity contribution is 5.67. The summed E-state index contributed by atoms with van der Waals surface area (Å²) in [7, 11) is 0. The third-order valence-electron chi connectivity index (χ3n) is 2.36. The van der Waals surface area contributed by atoms with Gasteiger partial charge in [-0.25, -0.2) is 0 Å². The lowest BCUT2D eigenvalue weighted by atomic mass is 10.1. The van der Waals surface area contributed by atoms with Gasteiger partial charge in [0, 0.05) is 6.61 Å². The first kappa shape index (κ1) is 14.4. The Labute approximate surface area is 90.9 Å². The smallest absolute Gasteiger partial charge is 0.305 e. The molecule has 0 rings (SSSR count). The molecule has 4 heteroatoms. The highest BCUT2D eigenvalue weighted by atomic mass is 16.4. The summed E-state index contributed by atoms with van der Waals surface area (Å²) in [6, 6.07) is 0. The number of hydrogen-bond acceptors (Lipinski definition) is 3. The lowest BCUT2D eigenvalue weighted by molar-refractivity contribution is -0.139. The van der Waals surface area contributed by atoms with Crippen LogP contribution >= 0.6 is 0 Å². The Morgan fingerprint density at radius 3 is 2.07 bits per heavy atom. The van der Waals surface area contributed by atoms with E-state index in [2.05, 4.69) is 0 Å². The Bertz CT molecular complexity index is 159. The molecule has 15 heavy (non-hydrogen) atoms. The van der Waals surface area contributed by atoms with E-state index in [0.717, 1.165) is 38.5 Å². The zero-order valence-electron chi connectivity index (χ0n) is 9.19. The fourth-order valence-corrected chi connectivity index (χ4v) is 1.50. The average molecular weight is 218 g/mol. The van der Waals surface area contributed by atoms with Gasteiger partial charge in [-0.05, 0) is 12.8 Å². The summed E-state index contributed by atoms with van der Waals surface area (Å²) in [6.45, 7) is 0.261. The molecular formula is C11H22O4. The molecule has 0 aromatic heterocycles. The molecule has 0 aliphatic rings. The number of carboxylic acids is 1. The second-order valence-corrected chi connectivity index (χ2v) is 3.89. The molecule has 0 unspecified atom stereocenters. The molecule has 90 valence electrons. The number of rotatable bonds is 10. The van der Waals surface area contributed by atoms with Crippen LogP contribution in [0.15, 0.2) is 0 Å². The van der Waals surface area contributed by atoms with Crippen molar-refractivity contribution in [2.75, 3.05) is 6.61 Å². The van der Waals surface area contributed by atoms with E-state index < -0.39 is 12.1 Å². The van der Waals surface area contributed by atoms with Crippen LogP contribution in [0.4, 0.5) is 0 Å². The monoisotopic (exact) mass is 218 g/mol. The van der Waals surface area contributed by atoms with E-state index >= 15 is 0 Å². The highest BCUT2D eigenvalue weighted by Gasteiger charge is 2.08. The Morgan fingerprint density at radius 2 is 1.53 bits per heavy atom. The van der Waals surface area contributed by atoms with Crippen LogP contribution in [0.2, 0.25) is 0 Å². The third kappa shape index (κ3) is 11.3. The lowest BCUT2D eigenvalue weighted by Gasteiger charge is -2.06. The van der Waals surface area contributed by atoms with Crippen molar-refractivity contribution < 1.29 is 20.1 Å². The first-order valence-electron chi connectivity index (χ1n) is 5.67. The van der Waals surface area contributed by atoms with Crippen molar-refractivity contribution in [2.24, 2.45) is 0 Å². The summed E-state index contributed by atoms with van der Waals surface area (Å²) in [4.78, 5) is 10.2. The van der Waals surface area contributed by atoms with E-state index in [4.69, 9.17) is 10.2 Å². The Balaban J connectivity index is 3.13. The van der Waals surface area contributed by atoms with Gasteiger partial charge < -0.3 is 15.3 Å². The second kappa shape index (κ2) is 9.93. The molecule has 0 aromatic carbocycles. The fraction of sp³-hybridized carbons (Fsp3) is 0.909. The number of aliphatic hydroxyl groups excluding tert-OH is 2. The molecule has 0 fully saturated rings. The molecule has 4 nitrogen and oxygen atoms in total. The van der Waals surface area contributed by atoms with Crippen molar-refractivity contribution in [3.05, 3.63) is 0 Å². The molecule has 0 amide bonds. The standard InChI is InChI=1S/C11H22O4/c12-8-6-4-2-1-3-5-7-10(13)9-11(14)15/h10,12-13H,1-9H2,(H,14,15)/t10-/m1/s1. The van der Waals surface area contributed by atoms with Gasteiger partial charge in [-0.1, -0.05) is 32.1 Å². The molecule has 1 atom stereocenters. The van der Waals surface area contributed by atoms with Gasteiger partial charge in [-0.3, -0.25) is 4.79 Å². The minimum absolute atomic E-state index is 0.148. The van der Waals surface area contributed by atoms with Crippen molar-refractivity contribution in [1.29, 1.82) is 0 Å². The summed E-state index contributed by atoms with van der Waals surface area (Å²) < 4.78 is 0. The number of carboxylic acid groups (broad SMARTS) is 1. The average Bonchev–Trinajstić information content (AvgIpc) is 2.15. The van der Waals surface area contributed by atoms with E-state index in [9.17, 15) is 9.90 Å². The maximum Gasteiger partial charge on any atom is 0.305 e. The molecule has 3 N–H and O–H groups in total. The van der Waals surface area contributed by atoms with Gasteiger partial charge in [0.1, 0.15) is 0 Å². The molecule has 0 bridgehead atoms. The normalized spacial score (nSPS) is 12.7. The van der Waals surface area contributed by atoms with Crippen molar-refractivity contribution in [3.8, 4) is 0 Å². The van der Waals surface area contributed by atoms with Crippen LogP contribution in [-0.4, -0.2) is 34.0 Å². The van der Waals surface area contributed by atoms with Crippen molar-refractivity contribution in [1.82, 2.24) is 0 Å². The van der Waals surface area contributed by atoms with Crippen LogP contribution in [-0.2, 0) is 4.79 Å². The Kier molecular flexibility index (Phi) is 9.52. The topological polar surface area (TPSA) is 77.8 Å². The van der Waals surface area contributed by atoms with Gasteiger partial charge in [0.05, 0.1) is 12.5 Å². The highest BCUT2D eigenvalue weighted by Crippen LogP contribution is 2.10.